The standard InChI is InChI=1S/C14H13N3OS/c1-10-16-13(9-19-10)14(18)17-12-7-3-2-5-11(12)6-4-8-15/h2-3,5,7,9H,8,15H2,1H3,(H,17,18). The van der Waals surface area contributed by atoms with E-state index in [2.05, 4.69) is 22.1 Å². The van der Waals surface area contributed by atoms with Crippen LogP contribution in [0.3, 0.4) is 0 Å². The molecule has 0 atom stereocenters. The van der Waals surface area contributed by atoms with Crippen molar-refractivity contribution in [2.45, 2.75) is 6.92 Å². The molecule has 2 rings (SSSR count). The van der Waals surface area contributed by atoms with Crippen molar-refractivity contribution in [1.82, 2.24) is 4.98 Å². The van der Waals surface area contributed by atoms with Gasteiger partial charge in [0.2, 0.25) is 0 Å². The minimum atomic E-state index is -0.230. The minimum Gasteiger partial charge on any atom is -0.320 e. The number of carbonyl (C=O) groups excluding carboxylic acids is 1. The van der Waals surface area contributed by atoms with Crippen LogP contribution in [-0.2, 0) is 0 Å². The predicted molar refractivity (Wildman–Crippen MR) is 77.2 cm³/mol. The lowest BCUT2D eigenvalue weighted by atomic mass is 10.2. The number of nitrogens with one attached hydrogen (secondary N) is 1. The summed E-state index contributed by atoms with van der Waals surface area (Å²) in [6, 6.07) is 7.35. The number of anilines is 1. The van der Waals surface area contributed by atoms with E-state index < -0.39 is 0 Å². The van der Waals surface area contributed by atoms with Gasteiger partial charge in [0.25, 0.3) is 5.91 Å². The molecule has 0 bridgehead atoms. The smallest absolute Gasteiger partial charge is 0.275 e. The summed E-state index contributed by atoms with van der Waals surface area (Å²) in [6.07, 6.45) is 0. The van der Waals surface area contributed by atoms with E-state index in [-0.39, 0.29) is 12.5 Å². The van der Waals surface area contributed by atoms with E-state index in [1.165, 1.54) is 11.3 Å². The van der Waals surface area contributed by atoms with Crippen LogP contribution in [-0.4, -0.2) is 17.4 Å². The van der Waals surface area contributed by atoms with Crippen LogP contribution in [0.15, 0.2) is 29.6 Å². The number of rotatable bonds is 2. The first-order chi connectivity index (χ1) is 9.20. The molecule has 0 aliphatic carbocycles. The number of hydrogen-bond donors (Lipinski definition) is 2. The molecule has 1 amide bonds. The van der Waals surface area contributed by atoms with Crippen molar-refractivity contribution in [3.8, 4) is 11.8 Å². The fourth-order valence-electron chi connectivity index (χ4n) is 1.50. The maximum absolute atomic E-state index is 12.0. The second kappa shape index (κ2) is 6.14. The molecular formula is C14H13N3OS. The lowest BCUT2D eigenvalue weighted by Gasteiger charge is -2.05. The Morgan fingerprint density at radius 1 is 1.47 bits per heavy atom. The number of benzene rings is 1. The highest BCUT2D eigenvalue weighted by molar-refractivity contribution is 7.09. The van der Waals surface area contributed by atoms with Gasteiger partial charge in [-0.05, 0) is 19.1 Å². The molecule has 0 unspecified atom stereocenters. The zero-order chi connectivity index (χ0) is 13.7. The van der Waals surface area contributed by atoms with Crippen LogP contribution >= 0.6 is 11.3 Å². The fourth-order valence-corrected chi connectivity index (χ4v) is 2.09. The van der Waals surface area contributed by atoms with Gasteiger partial charge in [-0.25, -0.2) is 4.98 Å². The van der Waals surface area contributed by atoms with Gasteiger partial charge in [0.15, 0.2) is 0 Å². The van der Waals surface area contributed by atoms with Gasteiger partial charge < -0.3 is 11.1 Å². The lowest BCUT2D eigenvalue weighted by Crippen LogP contribution is -2.13. The van der Waals surface area contributed by atoms with Crippen molar-refractivity contribution in [2.75, 3.05) is 11.9 Å². The Morgan fingerprint density at radius 2 is 2.26 bits per heavy atom. The Morgan fingerprint density at radius 3 is 2.95 bits per heavy atom. The van der Waals surface area contributed by atoms with Gasteiger partial charge in [-0.15, -0.1) is 11.3 Å². The third-order valence-corrected chi connectivity index (χ3v) is 3.13. The van der Waals surface area contributed by atoms with Crippen LogP contribution in [0.5, 0.6) is 0 Å². The summed E-state index contributed by atoms with van der Waals surface area (Å²) in [5, 5.41) is 5.41. The van der Waals surface area contributed by atoms with Crippen LogP contribution in [0.2, 0.25) is 0 Å². The molecule has 0 saturated carbocycles. The summed E-state index contributed by atoms with van der Waals surface area (Å²) in [5.41, 5.74) is 7.18. The molecule has 19 heavy (non-hydrogen) atoms. The fraction of sp³-hybridized carbons (Fsp3) is 0.143. The summed E-state index contributed by atoms with van der Waals surface area (Å²) in [6.45, 7) is 2.15. The Balaban J connectivity index is 2.21. The van der Waals surface area contributed by atoms with Crippen LogP contribution in [0.4, 0.5) is 5.69 Å². The molecule has 5 heteroatoms. The quantitative estimate of drug-likeness (QED) is 0.821. The van der Waals surface area contributed by atoms with E-state index >= 15 is 0 Å². The number of carbonyl (C=O) groups is 1. The first-order valence-electron chi connectivity index (χ1n) is 5.72. The van der Waals surface area contributed by atoms with E-state index in [4.69, 9.17) is 5.73 Å². The SMILES string of the molecule is Cc1nc(C(=O)Nc2ccccc2C#CCN)cs1. The van der Waals surface area contributed by atoms with Gasteiger partial charge >= 0.3 is 0 Å². The van der Waals surface area contributed by atoms with Crippen molar-refractivity contribution in [2.24, 2.45) is 5.73 Å². The van der Waals surface area contributed by atoms with Gasteiger partial charge in [0.1, 0.15) is 5.69 Å². The molecule has 0 aliphatic rings. The number of thiazole rings is 1. The Kier molecular flexibility index (Phi) is 4.29. The van der Waals surface area contributed by atoms with Crippen LogP contribution in [0, 0.1) is 18.8 Å². The summed E-state index contributed by atoms with van der Waals surface area (Å²) in [5.74, 6) is 5.47. The largest absolute Gasteiger partial charge is 0.320 e. The van der Waals surface area contributed by atoms with E-state index in [1.807, 2.05) is 25.1 Å². The van der Waals surface area contributed by atoms with Crippen LogP contribution in [0.1, 0.15) is 21.1 Å². The van der Waals surface area contributed by atoms with Crippen molar-refractivity contribution >= 4 is 22.9 Å². The predicted octanol–water partition coefficient (Wildman–Crippen LogP) is 2.01. The van der Waals surface area contributed by atoms with Crippen molar-refractivity contribution in [3.63, 3.8) is 0 Å². The number of hydrogen-bond acceptors (Lipinski definition) is 4. The number of nitrogens with two attached hydrogens (primary N) is 1. The molecule has 0 radical (unpaired) electrons. The zero-order valence-corrected chi connectivity index (χ0v) is 11.3. The van der Waals surface area contributed by atoms with Gasteiger partial charge in [-0.3, -0.25) is 4.79 Å². The van der Waals surface area contributed by atoms with Crippen molar-refractivity contribution in [3.05, 3.63) is 45.9 Å². The molecule has 0 saturated heterocycles. The molecule has 1 heterocycles. The molecule has 3 N–H and O–H groups in total. The number of aryl methyl sites for hydroxylation is 1. The monoisotopic (exact) mass is 271 g/mol. The number of nitrogens with zero attached hydrogens (tertiary/aromatic N) is 1. The number of para-hydroxylation sites is 1. The molecule has 1 aromatic carbocycles. The highest BCUT2D eigenvalue weighted by atomic mass is 32.1. The second-order valence-corrected chi connectivity index (χ2v) is 4.82. The molecule has 1 aromatic heterocycles. The van der Waals surface area contributed by atoms with E-state index in [1.54, 1.807) is 11.4 Å². The average molecular weight is 271 g/mol. The Labute approximate surface area is 115 Å². The third-order valence-electron chi connectivity index (χ3n) is 2.35. The second-order valence-electron chi connectivity index (χ2n) is 3.76. The van der Waals surface area contributed by atoms with E-state index in [9.17, 15) is 4.79 Å². The zero-order valence-electron chi connectivity index (χ0n) is 10.4. The van der Waals surface area contributed by atoms with Crippen molar-refractivity contribution < 1.29 is 4.79 Å². The van der Waals surface area contributed by atoms with Gasteiger partial charge in [0.05, 0.1) is 17.2 Å². The molecule has 2 aromatic rings. The minimum absolute atomic E-state index is 0.230. The highest BCUT2D eigenvalue weighted by Gasteiger charge is 2.10. The maximum Gasteiger partial charge on any atom is 0.275 e. The highest BCUT2D eigenvalue weighted by Crippen LogP contribution is 2.16. The lowest BCUT2D eigenvalue weighted by molar-refractivity contribution is 0.102. The van der Waals surface area contributed by atoms with Gasteiger partial charge in [-0.1, -0.05) is 24.0 Å². The number of amides is 1. The van der Waals surface area contributed by atoms with Crippen LogP contribution in [0.25, 0.3) is 0 Å². The molecule has 4 nitrogen and oxygen atoms in total. The molecule has 0 aliphatic heterocycles. The Bertz CT molecular complexity index is 652. The maximum atomic E-state index is 12.0. The molecule has 0 spiro atoms. The number of aromatic nitrogens is 1. The summed E-state index contributed by atoms with van der Waals surface area (Å²) >= 11 is 1.44. The third kappa shape index (κ3) is 3.41. The van der Waals surface area contributed by atoms with E-state index in [0.717, 1.165) is 10.6 Å². The van der Waals surface area contributed by atoms with Gasteiger partial charge in [0, 0.05) is 10.9 Å². The summed E-state index contributed by atoms with van der Waals surface area (Å²) < 4.78 is 0. The first kappa shape index (κ1) is 13.3. The van der Waals surface area contributed by atoms with Crippen LogP contribution < -0.4 is 11.1 Å². The molecular weight excluding hydrogens is 258 g/mol. The van der Waals surface area contributed by atoms with Crippen molar-refractivity contribution in [1.29, 1.82) is 0 Å². The summed E-state index contributed by atoms with van der Waals surface area (Å²) in [7, 11) is 0. The summed E-state index contributed by atoms with van der Waals surface area (Å²) in [4.78, 5) is 16.2. The Hall–Kier alpha value is -2.16. The van der Waals surface area contributed by atoms with Gasteiger partial charge in [-0.2, -0.15) is 0 Å². The normalized spacial score (nSPS) is 9.58. The topological polar surface area (TPSA) is 68.0 Å². The molecule has 0 fully saturated rings. The molecule has 96 valence electrons. The average Bonchev–Trinajstić information content (AvgIpc) is 2.84. The van der Waals surface area contributed by atoms with E-state index in [0.29, 0.717) is 11.4 Å². The first-order valence-corrected chi connectivity index (χ1v) is 6.60.